The summed E-state index contributed by atoms with van der Waals surface area (Å²) in [4.78, 5) is 0. The first-order valence-electron chi connectivity index (χ1n) is 29.1. The van der Waals surface area contributed by atoms with Crippen molar-refractivity contribution in [1.82, 2.24) is 9.13 Å². The fourth-order valence-corrected chi connectivity index (χ4v) is 14.3. The molecule has 2 heterocycles. The Hall–Kier alpha value is -10.5. The van der Waals surface area contributed by atoms with Gasteiger partial charge < -0.3 is 9.13 Å². The molecular formula is C81H54N2. The molecular weight excluding hydrogens is 1000 g/mol. The molecule has 0 saturated heterocycles. The second-order valence-electron chi connectivity index (χ2n) is 22.8. The maximum absolute atomic E-state index is 2.48. The van der Waals surface area contributed by atoms with E-state index in [9.17, 15) is 0 Å². The smallest absolute Gasteiger partial charge is 0.0541 e. The van der Waals surface area contributed by atoms with E-state index in [1.54, 1.807) is 0 Å². The topological polar surface area (TPSA) is 9.86 Å². The molecule has 2 aliphatic rings. The van der Waals surface area contributed by atoms with Crippen molar-refractivity contribution < 1.29 is 0 Å². The zero-order valence-electron chi connectivity index (χ0n) is 45.7. The van der Waals surface area contributed by atoms with Gasteiger partial charge >= 0.3 is 0 Å². The second-order valence-corrected chi connectivity index (χ2v) is 22.8. The van der Waals surface area contributed by atoms with Crippen molar-refractivity contribution in [2.75, 3.05) is 0 Å². The molecule has 15 aromatic rings. The van der Waals surface area contributed by atoms with Crippen LogP contribution in [0.1, 0.15) is 50.9 Å². The summed E-state index contributed by atoms with van der Waals surface area (Å²) in [5.41, 5.74) is 25.1. The van der Waals surface area contributed by atoms with Crippen LogP contribution in [0.5, 0.6) is 0 Å². The van der Waals surface area contributed by atoms with Crippen molar-refractivity contribution >= 4 is 89.5 Å². The number of rotatable bonds is 8. The highest BCUT2D eigenvalue weighted by atomic mass is 15.0. The van der Waals surface area contributed by atoms with E-state index in [1.807, 2.05) is 0 Å². The minimum Gasteiger partial charge on any atom is -0.309 e. The molecule has 1 spiro atoms. The lowest BCUT2D eigenvalue weighted by molar-refractivity contribution is 0.626. The molecule has 0 N–H and O–H groups in total. The van der Waals surface area contributed by atoms with Gasteiger partial charge in [-0.1, -0.05) is 231 Å². The summed E-state index contributed by atoms with van der Waals surface area (Å²) in [6.45, 7) is 0. The molecule has 17 rings (SSSR count). The van der Waals surface area contributed by atoms with Crippen LogP contribution in [0, 0.1) is 0 Å². The fraction of sp³-hybridized carbons (Fsp3) is 0.0370. The van der Waals surface area contributed by atoms with Crippen LogP contribution in [0.3, 0.4) is 0 Å². The molecule has 0 atom stereocenters. The fourth-order valence-electron chi connectivity index (χ4n) is 14.3. The average Bonchev–Trinajstić information content (AvgIpc) is 1.75. The predicted molar refractivity (Wildman–Crippen MR) is 352 cm³/mol. The first-order valence-corrected chi connectivity index (χ1v) is 29.1. The lowest BCUT2D eigenvalue weighted by Crippen LogP contribution is -2.23. The quantitative estimate of drug-likeness (QED) is 0.134. The minimum absolute atomic E-state index is 0.204. The van der Waals surface area contributed by atoms with Crippen molar-refractivity contribution in [2.24, 2.45) is 0 Å². The number of aromatic nitrogens is 2. The number of benzene rings is 13. The van der Waals surface area contributed by atoms with Gasteiger partial charge in [-0.25, -0.2) is 0 Å². The van der Waals surface area contributed by atoms with Crippen LogP contribution in [-0.2, 0) is 11.8 Å². The number of fused-ring (bicyclic) bond motifs is 15. The third kappa shape index (κ3) is 7.64. The lowest BCUT2D eigenvalue weighted by atomic mass is 9.73. The Kier molecular flexibility index (Phi) is 10.7. The van der Waals surface area contributed by atoms with Gasteiger partial charge in [0.2, 0.25) is 0 Å². The van der Waals surface area contributed by atoms with Crippen molar-refractivity contribution in [2.45, 2.75) is 18.3 Å². The Bertz CT molecular complexity index is 4900. The summed E-state index contributed by atoms with van der Waals surface area (Å²) in [5, 5.41) is 10.0. The Balaban J connectivity index is 0.641. The summed E-state index contributed by atoms with van der Waals surface area (Å²) in [6, 6.07) is 104. The number of nitrogens with zero attached hydrogens (tertiary/aromatic N) is 2. The molecule has 0 amide bonds. The van der Waals surface area contributed by atoms with E-state index in [1.165, 1.54) is 154 Å². The van der Waals surface area contributed by atoms with Gasteiger partial charge in [0.1, 0.15) is 0 Å². The Labute approximate surface area is 482 Å². The largest absolute Gasteiger partial charge is 0.309 e. The molecule has 2 aromatic heterocycles. The van der Waals surface area contributed by atoms with E-state index in [-0.39, 0.29) is 5.41 Å². The van der Waals surface area contributed by atoms with E-state index < -0.39 is 0 Å². The summed E-state index contributed by atoms with van der Waals surface area (Å²) < 4.78 is 4.82. The average molecular weight is 1060 g/mol. The van der Waals surface area contributed by atoms with Crippen LogP contribution < -0.4 is 0 Å². The minimum atomic E-state index is -0.204. The zero-order chi connectivity index (χ0) is 54.6. The maximum Gasteiger partial charge on any atom is 0.0541 e. The summed E-state index contributed by atoms with van der Waals surface area (Å²) in [5.74, 6) is 0. The molecule has 2 aliphatic carbocycles. The monoisotopic (exact) mass is 1050 g/mol. The number of hydrogen-bond donors (Lipinski definition) is 0. The molecule has 0 radical (unpaired) electrons. The molecule has 388 valence electrons. The molecule has 0 aliphatic heterocycles. The van der Waals surface area contributed by atoms with Crippen molar-refractivity contribution in [1.29, 1.82) is 0 Å². The van der Waals surface area contributed by atoms with Gasteiger partial charge in [0.15, 0.2) is 0 Å². The molecule has 2 nitrogen and oxygen atoms in total. The van der Waals surface area contributed by atoms with Gasteiger partial charge in [0.05, 0.1) is 22.1 Å². The first kappa shape index (κ1) is 47.3. The summed E-state index contributed by atoms with van der Waals surface area (Å²) in [6.07, 6.45) is 11.2. The molecule has 0 saturated carbocycles. The van der Waals surface area contributed by atoms with Crippen LogP contribution in [0.15, 0.2) is 279 Å². The predicted octanol–water partition coefficient (Wildman–Crippen LogP) is 21.1. The van der Waals surface area contributed by atoms with Crippen LogP contribution in [-0.4, -0.2) is 9.13 Å². The van der Waals surface area contributed by atoms with E-state index in [4.69, 9.17) is 0 Å². The molecule has 83 heavy (non-hydrogen) atoms. The standard InChI is InChI=1S/C81H54N2/c1-3-14-62-49-66(39-35-57(62)11-1)82-77-19-9-6-16-70(77)72-51-64(37-43-79(72)82)59-31-25-53(26-32-59)21-23-55-29-41-68-69-42-30-56(48-76(69)81(75(68)47-55)46-45-61-13-5-8-18-74(61)81)24-22-54-27-33-60(34-28-54)65-38-44-80-73(52-65)71-17-7-10-20-78(71)83(80)67-40-36-58-12-2-4-15-63(58)50-67/h1-44,47-52H,45-46H2/b23-21+,24-22+. The molecule has 0 fully saturated rings. The van der Waals surface area contributed by atoms with Crippen molar-refractivity contribution in [3.05, 3.63) is 324 Å². The first-order chi connectivity index (χ1) is 41.1. The number of hydrogen-bond acceptors (Lipinski definition) is 0. The van der Waals surface area contributed by atoms with E-state index >= 15 is 0 Å². The van der Waals surface area contributed by atoms with Crippen LogP contribution >= 0.6 is 0 Å². The third-order valence-corrected chi connectivity index (χ3v) is 18.3. The highest BCUT2D eigenvalue weighted by Gasteiger charge is 2.48. The Morgan fingerprint density at radius 2 is 0.687 bits per heavy atom. The Morgan fingerprint density at radius 3 is 1.20 bits per heavy atom. The highest BCUT2D eigenvalue weighted by molar-refractivity contribution is 6.12. The second kappa shape index (κ2) is 18.8. The van der Waals surface area contributed by atoms with E-state index in [0.29, 0.717) is 0 Å². The summed E-state index contributed by atoms with van der Waals surface area (Å²) >= 11 is 0. The number of aryl methyl sites for hydroxylation is 1. The van der Waals surface area contributed by atoms with E-state index in [2.05, 4.69) is 312 Å². The molecule has 0 bridgehead atoms. The van der Waals surface area contributed by atoms with Crippen LogP contribution in [0.2, 0.25) is 0 Å². The highest BCUT2D eigenvalue weighted by Crippen LogP contribution is 2.59. The molecule has 2 heteroatoms. The van der Waals surface area contributed by atoms with Gasteiger partial charge in [-0.3, -0.25) is 0 Å². The summed E-state index contributed by atoms with van der Waals surface area (Å²) in [7, 11) is 0. The lowest BCUT2D eigenvalue weighted by Gasteiger charge is -2.29. The van der Waals surface area contributed by atoms with Crippen LogP contribution in [0.25, 0.3) is 134 Å². The maximum atomic E-state index is 2.48. The molecule has 13 aromatic carbocycles. The normalized spacial score (nSPS) is 13.4. The van der Waals surface area contributed by atoms with Crippen LogP contribution in [0.4, 0.5) is 0 Å². The third-order valence-electron chi connectivity index (χ3n) is 18.3. The van der Waals surface area contributed by atoms with Gasteiger partial charge in [-0.2, -0.15) is 0 Å². The van der Waals surface area contributed by atoms with Gasteiger partial charge in [-0.15, -0.1) is 0 Å². The van der Waals surface area contributed by atoms with Gasteiger partial charge in [0.25, 0.3) is 0 Å². The number of para-hydroxylation sites is 2. The van der Waals surface area contributed by atoms with Gasteiger partial charge in [-0.05, 0) is 185 Å². The van der Waals surface area contributed by atoms with Gasteiger partial charge in [0, 0.05) is 38.3 Å². The van der Waals surface area contributed by atoms with E-state index in [0.717, 1.165) is 12.8 Å². The zero-order valence-corrected chi connectivity index (χ0v) is 45.7. The van der Waals surface area contributed by atoms with Crippen molar-refractivity contribution in [3.63, 3.8) is 0 Å². The Morgan fingerprint density at radius 1 is 0.277 bits per heavy atom. The molecule has 0 unspecified atom stereocenters. The SMILES string of the molecule is C(=C\c1ccc2c(c1)C1(CCc3ccccc31)c1cc(/C=C/c3ccc(-c4ccc5c(c4)c4ccccc4n5-c4ccc5ccccc5c4)cc3)ccc1-2)/c1ccc(-c2ccc3c(c2)c2ccccc2n3-c2ccc3ccccc3c2)cc1. The van der Waals surface area contributed by atoms with Crippen molar-refractivity contribution in [3.8, 4) is 44.8 Å².